The predicted molar refractivity (Wildman–Crippen MR) is 99.1 cm³/mol. The van der Waals surface area contributed by atoms with Crippen LogP contribution in [0.4, 0.5) is 18.9 Å². The van der Waals surface area contributed by atoms with Crippen LogP contribution in [0.15, 0.2) is 53.4 Å². The van der Waals surface area contributed by atoms with E-state index in [1.54, 1.807) is 21.9 Å². The molecule has 0 saturated carbocycles. The number of halogens is 3. The molecule has 2 aromatic rings. The van der Waals surface area contributed by atoms with Gasteiger partial charge in [-0.15, -0.1) is 0 Å². The topological polar surface area (TPSA) is 57.7 Å². The normalized spacial score (nSPS) is 15.6. The van der Waals surface area contributed by atoms with Gasteiger partial charge in [0.15, 0.2) is 9.84 Å². The van der Waals surface area contributed by atoms with Crippen molar-refractivity contribution in [3.05, 3.63) is 59.7 Å². The molecule has 0 spiro atoms. The van der Waals surface area contributed by atoms with Crippen LogP contribution >= 0.6 is 0 Å². The average Bonchev–Trinajstić information content (AvgIpc) is 2.66. The van der Waals surface area contributed by atoms with E-state index in [0.29, 0.717) is 31.9 Å². The van der Waals surface area contributed by atoms with E-state index >= 15 is 0 Å². The Labute approximate surface area is 161 Å². The first-order valence-electron chi connectivity index (χ1n) is 8.57. The Morgan fingerprint density at radius 1 is 0.964 bits per heavy atom. The number of anilines is 1. The van der Waals surface area contributed by atoms with Gasteiger partial charge < -0.3 is 9.80 Å². The SMILES string of the molecule is CS(=O)(=O)c1cccc(C(=O)N2CCN(c3cccc(C(F)(F)F)c3)CC2)c1. The molecule has 9 heteroatoms. The summed E-state index contributed by atoms with van der Waals surface area (Å²) in [6, 6.07) is 11.0. The average molecular weight is 412 g/mol. The molecule has 150 valence electrons. The van der Waals surface area contributed by atoms with Crippen LogP contribution in [0, 0.1) is 0 Å². The Morgan fingerprint density at radius 2 is 1.61 bits per heavy atom. The molecule has 0 radical (unpaired) electrons. The van der Waals surface area contributed by atoms with Gasteiger partial charge in [0.1, 0.15) is 0 Å². The van der Waals surface area contributed by atoms with Gasteiger partial charge in [-0.25, -0.2) is 8.42 Å². The van der Waals surface area contributed by atoms with E-state index in [-0.39, 0.29) is 16.4 Å². The van der Waals surface area contributed by atoms with Crippen molar-refractivity contribution in [3.8, 4) is 0 Å². The zero-order chi connectivity index (χ0) is 20.5. The maximum absolute atomic E-state index is 12.9. The first kappa shape index (κ1) is 20.2. The Morgan fingerprint density at radius 3 is 2.21 bits per heavy atom. The van der Waals surface area contributed by atoms with Crippen molar-refractivity contribution < 1.29 is 26.4 Å². The van der Waals surface area contributed by atoms with Gasteiger partial charge in [-0.1, -0.05) is 12.1 Å². The number of hydrogen-bond acceptors (Lipinski definition) is 4. The standard InChI is InChI=1S/C19H19F3N2O3S/c1-28(26,27)17-7-2-4-14(12-17)18(25)24-10-8-23(9-11-24)16-6-3-5-15(13-16)19(20,21)22/h2-7,12-13H,8-11H2,1H3. The molecule has 0 N–H and O–H groups in total. The van der Waals surface area contributed by atoms with Crippen LogP contribution in [0.3, 0.4) is 0 Å². The summed E-state index contributed by atoms with van der Waals surface area (Å²) in [6.07, 6.45) is -3.33. The molecule has 28 heavy (non-hydrogen) atoms. The number of nitrogens with zero attached hydrogens (tertiary/aromatic N) is 2. The second-order valence-corrected chi connectivity index (χ2v) is 8.64. The number of carbonyl (C=O) groups excluding carboxylic acids is 1. The third-order valence-electron chi connectivity index (χ3n) is 4.61. The quantitative estimate of drug-likeness (QED) is 0.778. The van der Waals surface area contributed by atoms with Crippen LogP contribution < -0.4 is 4.90 Å². The van der Waals surface area contributed by atoms with Gasteiger partial charge in [-0.3, -0.25) is 4.79 Å². The maximum Gasteiger partial charge on any atom is 0.416 e. The number of alkyl halides is 3. The van der Waals surface area contributed by atoms with Crippen molar-refractivity contribution in [3.63, 3.8) is 0 Å². The highest BCUT2D eigenvalue weighted by Crippen LogP contribution is 2.32. The first-order chi connectivity index (χ1) is 13.1. The summed E-state index contributed by atoms with van der Waals surface area (Å²) in [4.78, 5) is 16.1. The Hall–Kier alpha value is -2.55. The Bertz CT molecular complexity index is 982. The van der Waals surface area contributed by atoms with Crippen LogP contribution in [-0.2, 0) is 16.0 Å². The number of piperazine rings is 1. The molecule has 1 aliphatic rings. The highest BCUT2D eigenvalue weighted by atomic mass is 32.2. The van der Waals surface area contributed by atoms with Crippen LogP contribution in [0.1, 0.15) is 15.9 Å². The van der Waals surface area contributed by atoms with E-state index in [2.05, 4.69) is 0 Å². The first-order valence-corrected chi connectivity index (χ1v) is 10.5. The lowest BCUT2D eigenvalue weighted by Crippen LogP contribution is -2.48. The van der Waals surface area contributed by atoms with E-state index in [4.69, 9.17) is 0 Å². The highest BCUT2D eigenvalue weighted by molar-refractivity contribution is 7.90. The summed E-state index contributed by atoms with van der Waals surface area (Å²) in [5, 5.41) is 0. The molecule has 2 aromatic carbocycles. The van der Waals surface area contributed by atoms with Crippen LogP contribution in [-0.4, -0.2) is 51.7 Å². The lowest BCUT2D eigenvalue weighted by Gasteiger charge is -2.36. The van der Waals surface area contributed by atoms with Crippen LogP contribution in [0.2, 0.25) is 0 Å². The summed E-state index contributed by atoms with van der Waals surface area (Å²) < 4.78 is 62.0. The molecule has 0 bridgehead atoms. The Kier molecular flexibility index (Phi) is 5.38. The summed E-state index contributed by atoms with van der Waals surface area (Å²) in [5.74, 6) is -0.297. The van der Waals surface area contributed by atoms with Gasteiger partial charge in [0.2, 0.25) is 0 Å². The van der Waals surface area contributed by atoms with E-state index in [1.807, 2.05) is 0 Å². The molecule has 0 aliphatic carbocycles. The zero-order valence-electron chi connectivity index (χ0n) is 15.1. The van der Waals surface area contributed by atoms with E-state index in [1.165, 1.54) is 24.3 Å². The van der Waals surface area contributed by atoms with E-state index < -0.39 is 21.6 Å². The lowest BCUT2D eigenvalue weighted by atomic mass is 10.1. The molecular formula is C19H19F3N2O3S. The zero-order valence-corrected chi connectivity index (χ0v) is 15.9. The summed E-state index contributed by atoms with van der Waals surface area (Å²) >= 11 is 0. The van der Waals surface area contributed by atoms with Gasteiger partial charge in [0.25, 0.3) is 5.91 Å². The van der Waals surface area contributed by atoms with Crippen molar-refractivity contribution in [2.45, 2.75) is 11.1 Å². The van der Waals surface area contributed by atoms with Gasteiger partial charge in [0, 0.05) is 43.7 Å². The molecule has 1 fully saturated rings. The molecule has 1 aliphatic heterocycles. The molecule has 0 aromatic heterocycles. The minimum atomic E-state index is -4.40. The summed E-state index contributed by atoms with van der Waals surface area (Å²) in [5.41, 5.74) is 0.0255. The largest absolute Gasteiger partial charge is 0.416 e. The van der Waals surface area contributed by atoms with Gasteiger partial charge in [-0.05, 0) is 36.4 Å². The van der Waals surface area contributed by atoms with Crippen molar-refractivity contribution in [2.75, 3.05) is 37.3 Å². The fourth-order valence-corrected chi connectivity index (χ4v) is 3.76. The monoisotopic (exact) mass is 412 g/mol. The molecule has 0 unspecified atom stereocenters. The van der Waals surface area contributed by atoms with E-state index in [9.17, 15) is 26.4 Å². The number of amides is 1. The third kappa shape index (κ3) is 4.46. The van der Waals surface area contributed by atoms with Crippen LogP contribution in [0.5, 0.6) is 0 Å². The lowest BCUT2D eigenvalue weighted by molar-refractivity contribution is -0.137. The van der Waals surface area contributed by atoms with Crippen LogP contribution in [0.25, 0.3) is 0 Å². The number of rotatable bonds is 3. The fourth-order valence-electron chi connectivity index (χ4n) is 3.09. The minimum Gasteiger partial charge on any atom is -0.368 e. The third-order valence-corrected chi connectivity index (χ3v) is 5.72. The summed E-state index contributed by atoms with van der Waals surface area (Å²) in [6.45, 7) is 1.44. The molecule has 5 nitrogen and oxygen atoms in total. The molecule has 1 heterocycles. The van der Waals surface area contributed by atoms with E-state index in [0.717, 1.165) is 18.4 Å². The minimum absolute atomic E-state index is 0.0703. The Balaban J connectivity index is 1.70. The number of carbonyl (C=O) groups is 1. The predicted octanol–water partition coefficient (Wildman–Crippen LogP) is 3.07. The number of sulfone groups is 1. The second-order valence-electron chi connectivity index (χ2n) is 6.63. The smallest absolute Gasteiger partial charge is 0.368 e. The van der Waals surface area contributed by atoms with Gasteiger partial charge >= 0.3 is 6.18 Å². The van der Waals surface area contributed by atoms with Crippen molar-refractivity contribution >= 4 is 21.4 Å². The summed E-state index contributed by atoms with van der Waals surface area (Å²) in [7, 11) is -3.42. The van der Waals surface area contributed by atoms with Crippen molar-refractivity contribution in [1.29, 1.82) is 0 Å². The van der Waals surface area contributed by atoms with Gasteiger partial charge in [-0.2, -0.15) is 13.2 Å². The maximum atomic E-state index is 12.9. The molecule has 0 atom stereocenters. The number of benzene rings is 2. The molecule has 1 saturated heterocycles. The van der Waals surface area contributed by atoms with Crippen molar-refractivity contribution in [2.24, 2.45) is 0 Å². The number of hydrogen-bond donors (Lipinski definition) is 0. The molecule has 3 rings (SSSR count). The molecular weight excluding hydrogens is 393 g/mol. The van der Waals surface area contributed by atoms with Gasteiger partial charge in [0.05, 0.1) is 10.5 Å². The highest BCUT2D eigenvalue weighted by Gasteiger charge is 2.31. The fraction of sp³-hybridized carbons (Fsp3) is 0.316. The molecule has 1 amide bonds. The van der Waals surface area contributed by atoms with Crippen molar-refractivity contribution in [1.82, 2.24) is 4.90 Å². The second kappa shape index (κ2) is 7.46.